The minimum Gasteiger partial charge on any atom is -0.481 e. The van der Waals surface area contributed by atoms with Crippen molar-refractivity contribution in [2.45, 2.75) is 6.04 Å². The number of benzene rings is 1. The van der Waals surface area contributed by atoms with Crippen molar-refractivity contribution in [2.24, 2.45) is 0 Å². The SMILES string of the molecule is CNC(c1cc2ccccc2o1)c1cccnc1OC. The molecule has 0 saturated heterocycles. The summed E-state index contributed by atoms with van der Waals surface area (Å²) in [6, 6.07) is 13.8. The Balaban J connectivity index is 2.09. The summed E-state index contributed by atoms with van der Waals surface area (Å²) in [5.41, 5.74) is 1.84. The average Bonchev–Trinajstić information content (AvgIpc) is 2.92. The molecule has 0 fully saturated rings. The number of aromatic nitrogens is 1. The molecule has 1 atom stereocenters. The standard InChI is InChI=1S/C16H16N2O2/c1-17-15(12-7-5-9-18-16(12)19-2)14-10-11-6-3-4-8-13(11)20-14/h3-10,15,17H,1-2H3. The predicted molar refractivity (Wildman–Crippen MR) is 77.9 cm³/mol. The fourth-order valence-corrected chi connectivity index (χ4v) is 2.39. The Labute approximate surface area is 117 Å². The van der Waals surface area contributed by atoms with E-state index in [9.17, 15) is 0 Å². The molecule has 0 spiro atoms. The van der Waals surface area contributed by atoms with Crippen LogP contribution in [0.3, 0.4) is 0 Å². The van der Waals surface area contributed by atoms with E-state index in [0.29, 0.717) is 5.88 Å². The topological polar surface area (TPSA) is 47.3 Å². The largest absolute Gasteiger partial charge is 0.481 e. The number of rotatable bonds is 4. The summed E-state index contributed by atoms with van der Waals surface area (Å²) in [6.07, 6.45) is 1.72. The van der Waals surface area contributed by atoms with Gasteiger partial charge in [0.25, 0.3) is 0 Å². The number of nitrogens with zero attached hydrogens (tertiary/aromatic N) is 1. The second-order valence-electron chi connectivity index (χ2n) is 4.51. The first kappa shape index (κ1) is 12.7. The number of para-hydroxylation sites is 1. The summed E-state index contributed by atoms with van der Waals surface area (Å²) in [4.78, 5) is 4.24. The quantitative estimate of drug-likeness (QED) is 0.789. The minimum absolute atomic E-state index is 0.0916. The highest BCUT2D eigenvalue weighted by Crippen LogP contribution is 2.31. The molecular formula is C16H16N2O2. The van der Waals surface area contributed by atoms with Gasteiger partial charge in [-0.25, -0.2) is 4.98 Å². The van der Waals surface area contributed by atoms with Crippen molar-refractivity contribution in [3.8, 4) is 5.88 Å². The lowest BCUT2D eigenvalue weighted by Crippen LogP contribution is -2.18. The molecule has 20 heavy (non-hydrogen) atoms. The fraction of sp³-hybridized carbons (Fsp3) is 0.188. The van der Waals surface area contributed by atoms with Gasteiger partial charge in [-0.15, -0.1) is 0 Å². The van der Waals surface area contributed by atoms with Gasteiger partial charge in [0.1, 0.15) is 11.3 Å². The van der Waals surface area contributed by atoms with Gasteiger partial charge in [0.2, 0.25) is 5.88 Å². The minimum atomic E-state index is -0.0916. The highest BCUT2D eigenvalue weighted by molar-refractivity contribution is 5.78. The van der Waals surface area contributed by atoms with Crippen LogP contribution >= 0.6 is 0 Å². The number of fused-ring (bicyclic) bond motifs is 1. The van der Waals surface area contributed by atoms with Gasteiger partial charge in [-0.3, -0.25) is 0 Å². The maximum absolute atomic E-state index is 5.93. The molecule has 0 radical (unpaired) electrons. The molecular weight excluding hydrogens is 252 g/mol. The molecule has 4 nitrogen and oxygen atoms in total. The van der Waals surface area contributed by atoms with Crippen molar-refractivity contribution >= 4 is 11.0 Å². The number of nitrogens with one attached hydrogen (secondary N) is 1. The summed E-state index contributed by atoms with van der Waals surface area (Å²) < 4.78 is 11.3. The molecule has 2 heterocycles. The van der Waals surface area contributed by atoms with Crippen molar-refractivity contribution in [2.75, 3.05) is 14.2 Å². The van der Waals surface area contributed by atoms with Crippen molar-refractivity contribution in [1.82, 2.24) is 10.3 Å². The maximum Gasteiger partial charge on any atom is 0.218 e. The van der Waals surface area contributed by atoms with Gasteiger partial charge in [0.05, 0.1) is 13.2 Å². The van der Waals surface area contributed by atoms with E-state index in [-0.39, 0.29) is 6.04 Å². The van der Waals surface area contributed by atoms with Crippen LogP contribution in [0.1, 0.15) is 17.4 Å². The van der Waals surface area contributed by atoms with Crippen molar-refractivity contribution in [3.63, 3.8) is 0 Å². The molecule has 0 aliphatic carbocycles. The Kier molecular flexibility index (Phi) is 3.39. The summed E-state index contributed by atoms with van der Waals surface area (Å²) >= 11 is 0. The summed E-state index contributed by atoms with van der Waals surface area (Å²) in [5.74, 6) is 1.45. The molecule has 0 bridgehead atoms. The van der Waals surface area contributed by atoms with Crippen molar-refractivity contribution in [1.29, 1.82) is 0 Å². The zero-order valence-electron chi connectivity index (χ0n) is 11.5. The molecule has 3 rings (SSSR count). The fourth-order valence-electron chi connectivity index (χ4n) is 2.39. The normalized spacial score (nSPS) is 12.5. The lowest BCUT2D eigenvalue weighted by atomic mass is 10.1. The van der Waals surface area contributed by atoms with Crippen LogP contribution in [0.4, 0.5) is 0 Å². The third kappa shape index (κ3) is 2.14. The second-order valence-corrected chi connectivity index (χ2v) is 4.51. The van der Waals surface area contributed by atoms with Crippen LogP contribution < -0.4 is 10.1 Å². The molecule has 0 amide bonds. The van der Waals surface area contributed by atoms with E-state index in [4.69, 9.17) is 9.15 Å². The monoisotopic (exact) mass is 268 g/mol. The molecule has 1 aromatic carbocycles. The van der Waals surface area contributed by atoms with Gasteiger partial charge < -0.3 is 14.5 Å². The highest BCUT2D eigenvalue weighted by atomic mass is 16.5. The Morgan fingerprint density at radius 3 is 2.80 bits per heavy atom. The third-order valence-electron chi connectivity index (χ3n) is 3.32. The van der Waals surface area contributed by atoms with Crippen molar-refractivity contribution in [3.05, 3.63) is 60.0 Å². The van der Waals surface area contributed by atoms with Gasteiger partial charge in [-0.05, 0) is 25.2 Å². The summed E-state index contributed by atoms with van der Waals surface area (Å²) in [6.45, 7) is 0. The smallest absolute Gasteiger partial charge is 0.218 e. The predicted octanol–water partition coefficient (Wildman–Crippen LogP) is 3.15. The zero-order valence-corrected chi connectivity index (χ0v) is 11.5. The highest BCUT2D eigenvalue weighted by Gasteiger charge is 2.20. The molecule has 3 aromatic rings. The number of ether oxygens (including phenoxy) is 1. The van der Waals surface area contributed by atoms with E-state index >= 15 is 0 Å². The molecule has 0 saturated carbocycles. The molecule has 102 valence electrons. The van der Waals surface area contributed by atoms with Gasteiger partial charge in [-0.1, -0.05) is 24.3 Å². The maximum atomic E-state index is 5.93. The first-order valence-corrected chi connectivity index (χ1v) is 6.48. The molecule has 4 heteroatoms. The van der Waals surface area contributed by atoms with Crippen LogP contribution in [0.15, 0.2) is 53.1 Å². The van der Waals surface area contributed by atoms with Crippen LogP contribution in [-0.4, -0.2) is 19.1 Å². The Morgan fingerprint density at radius 2 is 2.05 bits per heavy atom. The Bertz CT molecular complexity index is 688. The average molecular weight is 268 g/mol. The summed E-state index contributed by atoms with van der Waals surface area (Å²) in [7, 11) is 3.52. The Hall–Kier alpha value is -2.33. The van der Waals surface area contributed by atoms with Gasteiger partial charge in [0, 0.05) is 17.1 Å². The molecule has 1 unspecified atom stereocenters. The van der Waals surface area contributed by atoms with Crippen LogP contribution in [0, 0.1) is 0 Å². The van der Waals surface area contributed by atoms with Gasteiger partial charge >= 0.3 is 0 Å². The van der Waals surface area contributed by atoms with Crippen LogP contribution in [0.25, 0.3) is 11.0 Å². The van der Waals surface area contributed by atoms with Gasteiger partial charge in [0.15, 0.2) is 0 Å². The second kappa shape index (κ2) is 5.35. The number of pyridine rings is 1. The molecule has 2 aromatic heterocycles. The van der Waals surface area contributed by atoms with E-state index in [1.165, 1.54) is 0 Å². The van der Waals surface area contributed by atoms with E-state index < -0.39 is 0 Å². The number of furan rings is 1. The zero-order chi connectivity index (χ0) is 13.9. The van der Waals surface area contributed by atoms with Crippen LogP contribution in [0.2, 0.25) is 0 Å². The van der Waals surface area contributed by atoms with E-state index in [0.717, 1.165) is 22.3 Å². The molecule has 0 aliphatic heterocycles. The number of hydrogen-bond acceptors (Lipinski definition) is 4. The first-order chi connectivity index (χ1) is 9.83. The van der Waals surface area contributed by atoms with Crippen LogP contribution in [-0.2, 0) is 0 Å². The Morgan fingerprint density at radius 1 is 1.20 bits per heavy atom. The van der Waals surface area contributed by atoms with Gasteiger partial charge in [-0.2, -0.15) is 0 Å². The van der Waals surface area contributed by atoms with Crippen molar-refractivity contribution < 1.29 is 9.15 Å². The van der Waals surface area contributed by atoms with E-state index in [2.05, 4.69) is 10.3 Å². The summed E-state index contributed by atoms with van der Waals surface area (Å²) in [5, 5.41) is 4.35. The molecule has 0 aliphatic rings. The van der Waals surface area contributed by atoms with E-state index in [1.807, 2.05) is 49.5 Å². The van der Waals surface area contributed by atoms with E-state index in [1.54, 1.807) is 13.3 Å². The third-order valence-corrected chi connectivity index (χ3v) is 3.32. The lowest BCUT2D eigenvalue weighted by molar-refractivity contribution is 0.383. The number of methoxy groups -OCH3 is 1. The number of hydrogen-bond donors (Lipinski definition) is 1. The van der Waals surface area contributed by atoms with Crippen LogP contribution in [0.5, 0.6) is 5.88 Å². The molecule has 1 N–H and O–H groups in total. The first-order valence-electron chi connectivity index (χ1n) is 6.48. The lowest BCUT2D eigenvalue weighted by Gasteiger charge is -2.16.